The van der Waals surface area contributed by atoms with Gasteiger partial charge in [0.05, 0.1) is 0 Å². The average Bonchev–Trinajstić information content (AvgIpc) is 2.78. The van der Waals surface area contributed by atoms with E-state index in [4.69, 9.17) is 0 Å². The van der Waals surface area contributed by atoms with E-state index in [1.165, 1.54) is 0 Å². The smallest absolute Gasteiger partial charge is 0.169 e. The molecule has 98 valence electrons. The Morgan fingerprint density at radius 1 is 1.05 bits per heavy atom. The Bertz CT molecular complexity index is 651. The summed E-state index contributed by atoms with van der Waals surface area (Å²) in [5, 5.41) is 2.05. The summed E-state index contributed by atoms with van der Waals surface area (Å²) < 4.78 is 0. The molecule has 2 nitrogen and oxygen atoms in total. The van der Waals surface area contributed by atoms with Crippen molar-refractivity contribution in [1.29, 1.82) is 0 Å². The van der Waals surface area contributed by atoms with Crippen LogP contribution >= 0.6 is 0 Å². The Morgan fingerprint density at radius 2 is 1.68 bits per heavy atom. The molecule has 1 aromatic heterocycles. The first-order valence-corrected chi connectivity index (χ1v) is 6.74. The van der Waals surface area contributed by atoms with Crippen LogP contribution in [0.3, 0.4) is 0 Å². The van der Waals surface area contributed by atoms with Crippen molar-refractivity contribution >= 4 is 16.6 Å². The molecular weight excluding hydrogens is 234 g/mol. The van der Waals surface area contributed by atoms with E-state index >= 15 is 0 Å². The van der Waals surface area contributed by atoms with Crippen LogP contribution in [0.2, 0.25) is 0 Å². The van der Waals surface area contributed by atoms with Gasteiger partial charge in [-0.1, -0.05) is 52.0 Å². The van der Waals surface area contributed by atoms with E-state index in [-0.39, 0.29) is 22.5 Å². The zero-order chi connectivity index (χ0) is 13.8. The van der Waals surface area contributed by atoms with Crippen molar-refractivity contribution in [3.8, 4) is 0 Å². The van der Waals surface area contributed by atoms with Crippen LogP contribution in [0.1, 0.15) is 38.1 Å². The number of nitrogens with zero attached hydrogens (tertiary/aromatic N) is 1. The molecule has 0 saturated heterocycles. The molecule has 0 bridgehead atoms. The minimum Gasteiger partial charge on any atom is -0.294 e. The second-order valence-electron chi connectivity index (χ2n) is 6.65. The lowest BCUT2D eigenvalue weighted by Gasteiger charge is -2.06. The van der Waals surface area contributed by atoms with Gasteiger partial charge in [-0.05, 0) is 16.2 Å². The molecule has 1 saturated carbocycles. The van der Waals surface area contributed by atoms with E-state index in [1.807, 2.05) is 30.5 Å². The van der Waals surface area contributed by atoms with Gasteiger partial charge in [0, 0.05) is 29.3 Å². The van der Waals surface area contributed by atoms with Gasteiger partial charge >= 0.3 is 0 Å². The number of benzene rings is 1. The van der Waals surface area contributed by atoms with Crippen LogP contribution in [-0.2, 0) is 0 Å². The first-order chi connectivity index (χ1) is 8.87. The highest BCUT2D eigenvalue weighted by Crippen LogP contribution is 2.69. The fraction of sp³-hybridized carbons (Fsp3) is 0.412. The SMILES string of the molecule is CC1(C)C(C(=O)c2cncc3ccccc23)C1(C)C. The Morgan fingerprint density at radius 3 is 2.32 bits per heavy atom. The molecule has 19 heavy (non-hydrogen) atoms. The molecule has 1 aliphatic carbocycles. The molecule has 0 aliphatic heterocycles. The molecule has 0 unspecified atom stereocenters. The zero-order valence-corrected chi connectivity index (χ0v) is 11.9. The Hall–Kier alpha value is -1.70. The number of carbonyl (C=O) groups is 1. The maximum Gasteiger partial charge on any atom is 0.169 e. The van der Waals surface area contributed by atoms with Gasteiger partial charge in [0.1, 0.15) is 0 Å². The predicted octanol–water partition coefficient (Wildman–Crippen LogP) is 4.10. The summed E-state index contributed by atoms with van der Waals surface area (Å²) in [6.07, 6.45) is 3.53. The summed E-state index contributed by atoms with van der Waals surface area (Å²) >= 11 is 0. The number of hydrogen-bond donors (Lipinski definition) is 0. The predicted molar refractivity (Wildman–Crippen MR) is 77.1 cm³/mol. The molecule has 0 amide bonds. The number of fused-ring (bicyclic) bond motifs is 1. The summed E-state index contributed by atoms with van der Waals surface area (Å²) in [6.45, 7) is 8.70. The summed E-state index contributed by atoms with van der Waals surface area (Å²) in [7, 11) is 0. The molecule has 2 aromatic rings. The van der Waals surface area contributed by atoms with Crippen molar-refractivity contribution in [2.45, 2.75) is 27.7 Å². The van der Waals surface area contributed by atoms with Gasteiger partial charge in [-0.25, -0.2) is 0 Å². The van der Waals surface area contributed by atoms with E-state index in [9.17, 15) is 4.79 Å². The van der Waals surface area contributed by atoms with Crippen LogP contribution in [-0.4, -0.2) is 10.8 Å². The lowest BCUT2D eigenvalue weighted by molar-refractivity contribution is 0.0946. The van der Waals surface area contributed by atoms with Crippen molar-refractivity contribution < 1.29 is 4.79 Å². The first kappa shape index (κ1) is 12.3. The van der Waals surface area contributed by atoms with E-state index in [1.54, 1.807) is 6.20 Å². The van der Waals surface area contributed by atoms with Gasteiger partial charge in [0.15, 0.2) is 5.78 Å². The molecular formula is C17H19NO. The van der Waals surface area contributed by atoms with Crippen LogP contribution in [0, 0.1) is 16.7 Å². The largest absolute Gasteiger partial charge is 0.294 e. The third-order valence-electron chi connectivity index (χ3n) is 5.22. The minimum atomic E-state index is 0.0705. The number of Topliss-reactive ketones (excluding diaryl/α,β-unsaturated/α-hetero) is 1. The minimum absolute atomic E-state index is 0.0705. The molecule has 2 heteroatoms. The number of aromatic nitrogens is 1. The Balaban J connectivity index is 2.10. The van der Waals surface area contributed by atoms with E-state index < -0.39 is 0 Å². The van der Waals surface area contributed by atoms with Crippen molar-refractivity contribution in [2.75, 3.05) is 0 Å². The molecule has 0 N–H and O–H groups in total. The third kappa shape index (κ3) is 1.55. The van der Waals surface area contributed by atoms with Crippen LogP contribution in [0.25, 0.3) is 10.8 Å². The van der Waals surface area contributed by atoms with E-state index in [2.05, 4.69) is 32.7 Å². The highest BCUT2D eigenvalue weighted by molar-refractivity contribution is 6.10. The molecule has 1 heterocycles. The first-order valence-electron chi connectivity index (χ1n) is 6.74. The van der Waals surface area contributed by atoms with Crippen molar-refractivity contribution in [2.24, 2.45) is 16.7 Å². The molecule has 0 spiro atoms. The van der Waals surface area contributed by atoms with Crippen molar-refractivity contribution in [1.82, 2.24) is 4.98 Å². The quantitative estimate of drug-likeness (QED) is 0.754. The average molecular weight is 253 g/mol. The van der Waals surface area contributed by atoms with Gasteiger partial charge in [0.2, 0.25) is 0 Å². The van der Waals surface area contributed by atoms with Gasteiger partial charge in [-0.2, -0.15) is 0 Å². The third-order valence-corrected chi connectivity index (χ3v) is 5.22. The molecule has 1 aliphatic rings. The van der Waals surface area contributed by atoms with Crippen LogP contribution < -0.4 is 0 Å². The fourth-order valence-corrected chi connectivity index (χ4v) is 3.32. The fourth-order valence-electron chi connectivity index (χ4n) is 3.32. The second-order valence-corrected chi connectivity index (χ2v) is 6.65. The number of pyridine rings is 1. The van der Waals surface area contributed by atoms with Gasteiger partial charge in [-0.3, -0.25) is 9.78 Å². The molecule has 0 atom stereocenters. The maximum absolute atomic E-state index is 12.8. The summed E-state index contributed by atoms with van der Waals surface area (Å²) in [5.74, 6) is 0.326. The maximum atomic E-state index is 12.8. The van der Waals surface area contributed by atoms with Crippen molar-refractivity contribution in [3.05, 3.63) is 42.2 Å². The number of carbonyl (C=O) groups excluding carboxylic acids is 1. The summed E-state index contributed by atoms with van der Waals surface area (Å²) in [4.78, 5) is 17.0. The topological polar surface area (TPSA) is 30.0 Å². The number of hydrogen-bond acceptors (Lipinski definition) is 2. The van der Waals surface area contributed by atoms with E-state index in [0.29, 0.717) is 0 Å². The molecule has 1 fully saturated rings. The highest BCUT2D eigenvalue weighted by atomic mass is 16.1. The van der Waals surface area contributed by atoms with Crippen LogP contribution in [0.5, 0.6) is 0 Å². The normalized spacial score (nSPS) is 20.4. The zero-order valence-electron chi connectivity index (χ0n) is 11.9. The van der Waals surface area contributed by atoms with Crippen molar-refractivity contribution in [3.63, 3.8) is 0 Å². The Labute approximate surface area is 113 Å². The number of rotatable bonds is 2. The Kier molecular flexibility index (Phi) is 2.38. The summed E-state index contributed by atoms with van der Waals surface area (Å²) in [5.41, 5.74) is 0.906. The van der Waals surface area contributed by atoms with Gasteiger partial charge < -0.3 is 0 Å². The van der Waals surface area contributed by atoms with Crippen LogP contribution in [0.4, 0.5) is 0 Å². The second kappa shape index (κ2) is 3.66. The highest BCUT2D eigenvalue weighted by Gasteiger charge is 2.67. The molecule has 0 radical (unpaired) electrons. The van der Waals surface area contributed by atoms with Gasteiger partial charge in [-0.15, -0.1) is 0 Å². The van der Waals surface area contributed by atoms with Gasteiger partial charge in [0.25, 0.3) is 0 Å². The summed E-state index contributed by atoms with van der Waals surface area (Å²) in [6, 6.07) is 7.96. The molecule has 3 rings (SSSR count). The van der Waals surface area contributed by atoms with Crippen LogP contribution in [0.15, 0.2) is 36.7 Å². The lowest BCUT2D eigenvalue weighted by atomic mass is 9.98. The number of ketones is 1. The molecule has 1 aromatic carbocycles. The monoisotopic (exact) mass is 253 g/mol. The lowest BCUT2D eigenvalue weighted by Crippen LogP contribution is -2.08. The standard InChI is InChI=1S/C17H19NO/c1-16(2)15(17(16,3)4)14(19)13-10-18-9-11-7-5-6-8-12(11)13/h5-10,15H,1-4H3. The van der Waals surface area contributed by atoms with E-state index in [0.717, 1.165) is 16.3 Å².